The normalized spacial score (nSPS) is 11.0. The van der Waals surface area contributed by atoms with Gasteiger partial charge in [-0.1, -0.05) is 18.2 Å². The molecule has 130 valence electrons. The molecule has 3 rings (SSSR count). The number of hydrogen-bond donors (Lipinski definition) is 1. The minimum absolute atomic E-state index is 0.103. The van der Waals surface area contributed by atoms with Crippen molar-refractivity contribution in [1.29, 1.82) is 0 Å². The van der Waals surface area contributed by atoms with E-state index in [4.69, 9.17) is 4.74 Å². The molecule has 0 radical (unpaired) electrons. The molecule has 0 fully saturated rings. The first-order valence-corrected chi connectivity index (χ1v) is 9.65. The van der Waals surface area contributed by atoms with Crippen LogP contribution in [0.15, 0.2) is 51.8 Å². The maximum atomic E-state index is 12.6. The molecular formula is C19H18BrNO3S. The lowest BCUT2D eigenvalue weighted by molar-refractivity contribution is 0.0527. The number of phenolic OH excluding ortho intramolecular Hbond substituents is 1. The number of nitrogens with zero attached hydrogens (tertiary/aromatic N) is 1. The minimum atomic E-state index is -0.363. The fourth-order valence-corrected chi connectivity index (χ4v) is 4.09. The van der Waals surface area contributed by atoms with Crippen LogP contribution >= 0.6 is 27.7 Å². The van der Waals surface area contributed by atoms with Gasteiger partial charge >= 0.3 is 5.97 Å². The van der Waals surface area contributed by atoms with Crippen molar-refractivity contribution in [3.63, 3.8) is 0 Å². The lowest BCUT2D eigenvalue weighted by Crippen LogP contribution is -2.08. The Bertz CT molecular complexity index is 922. The molecule has 0 aliphatic carbocycles. The van der Waals surface area contributed by atoms with Gasteiger partial charge in [-0.25, -0.2) is 4.79 Å². The number of phenols is 1. The molecular weight excluding hydrogens is 402 g/mol. The van der Waals surface area contributed by atoms with Gasteiger partial charge in [0.2, 0.25) is 0 Å². The van der Waals surface area contributed by atoms with E-state index in [9.17, 15) is 9.90 Å². The molecule has 0 atom stereocenters. The number of fused-ring (bicyclic) bond motifs is 1. The summed E-state index contributed by atoms with van der Waals surface area (Å²) >= 11 is 5.00. The number of halogens is 1. The molecule has 1 heterocycles. The zero-order valence-electron chi connectivity index (χ0n) is 14.0. The summed E-state index contributed by atoms with van der Waals surface area (Å²) in [5, 5.41) is 10.7. The van der Waals surface area contributed by atoms with Gasteiger partial charge in [-0.2, -0.15) is 0 Å². The number of thioether (sulfide) groups is 1. The van der Waals surface area contributed by atoms with Crippen molar-refractivity contribution in [2.75, 3.05) is 6.61 Å². The van der Waals surface area contributed by atoms with Crippen molar-refractivity contribution < 1.29 is 14.6 Å². The van der Waals surface area contributed by atoms with E-state index in [2.05, 4.69) is 15.9 Å². The van der Waals surface area contributed by atoms with Gasteiger partial charge in [0.25, 0.3) is 0 Å². The summed E-state index contributed by atoms with van der Waals surface area (Å²) < 4.78 is 7.84. The van der Waals surface area contributed by atoms with Crippen molar-refractivity contribution in [2.45, 2.75) is 17.6 Å². The Labute approximate surface area is 158 Å². The first-order valence-electron chi connectivity index (χ1n) is 7.87. The molecule has 1 N–H and O–H groups in total. The van der Waals surface area contributed by atoms with Crippen LogP contribution in [0.5, 0.6) is 5.75 Å². The van der Waals surface area contributed by atoms with Crippen LogP contribution in [0.3, 0.4) is 0 Å². The molecule has 3 aromatic rings. The van der Waals surface area contributed by atoms with Gasteiger partial charge in [-0.15, -0.1) is 11.8 Å². The molecule has 0 bridgehead atoms. The zero-order chi connectivity index (χ0) is 18.0. The minimum Gasteiger partial charge on any atom is -0.507 e. The van der Waals surface area contributed by atoms with Crippen LogP contribution in [-0.2, 0) is 17.5 Å². The molecule has 0 amide bonds. The fraction of sp³-hybridized carbons (Fsp3) is 0.211. The number of carbonyl (C=O) groups excluding carboxylic acids is 1. The monoisotopic (exact) mass is 419 g/mol. The summed E-state index contributed by atoms with van der Waals surface area (Å²) in [6.07, 6.45) is 0. The van der Waals surface area contributed by atoms with E-state index in [0.717, 1.165) is 16.1 Å². The van der Waals surface area contributed by atoms with Crippen LogP contribution in [0.4, 0.5) is 0 Å². The molecule has 0 aliphatic heterocycles. The summed E-state index contributed by atoms with van der Waals surface area (Å²) in [7, 11) is 1.93. The SMILES string of the molecule is CCOC(=O)c1c(CSc2ccccc2)n(C)c2cc(Br)c(O)cc12. The van der Waals surface area contributed by atoms with E-state index < -0.39 is 0 Å². The van der Waals surface area contributed by atoms with Crippen LogP contribution in [0.2, 0.25) is 0 Å². The number of benzene rings is 2. The first-order chi connectivity index (χ1) is 12.0. The third-order valence-corrected chi connectivity index (χ3v) is 5.65. The Hall–Kier alpha value is -1.92. The van der Waals surface area contributed by atoms with E-state index in [1.165, 1.54) is 0 Å². The summed E-state index contributed by atoms with van der Waals surface area (Å²) in [6, 6.07) is 13.5. The third kappa shape index (κ3) is 3.55. The average Bonchev–Trinajstić information content (AvgIpc) is 2.86. The molecule has 0 spiro atoms. The molecule has 0 saturated carbocycles. The highest BCUT2D eigenvalue weighted by Gasteiger charge is 2.23. The van der Waals surface area contributed by atoms with E-state index in [-0.39, 0.29) is 11.7 Å². The molecule has 4 nitrogen and oxygen atoms in total. The number of aromatic hydroxyl groups is 1. The highest BCUT2D eigenvalue weighted by atomic mass is 79.9. The van der Waals surface area contributed by atoms with Crippen LogP contribution in [-0.4, -0.2) is 22.2 Å². The Morgan fingerprint density at radius 1 is 1.28 bits per heavy atom. The van der Waals surface area contributed by atoms with E-state index in [0.29, 0.717) is 27.8 Å². The Kier molecular flexibility index (Phi) is 5.39. The highest BCUT2D eigenvalue weighted by molar-refractivity contribution is 9.10. The van der Waals surface area contributed by atoms with Gasteiger partial charge in [0.15, 0.2) is 0 Å². The third-order valence-electron chi connectivity index (χ3n) is 3.99. The Balaban J connectivity index is 2.10. The maximum absolute atomic E-state index is 12.6. The van der Waals surface area contributed by atoms with E-state index in [1.54, 1.807) is 24.8 Å². The predicted octanol–water partition coefficient (Wildman–Crippen LogP) is 5.12. The van der Waals surface area contributed by atoms with Gasteiger partial charge < -0.3 is 14.4 Å². The lowest BCUT2D eigenvalue weighted by atomic mass is 10.1. The van der Waals surface area contributed by atoms with Gasteiger partial charge in [-0.05, 0) is 47.1 Å². The van der Waals surface area contributed by atoms with Gasteiger partial charge in [0.05, 0.1) is 22.2 Å². The molecule has 2 aromatic carbocycles. The molecule has 1 aromatic heterocycles. The Morgan fingerprint density at radius 3 is 2.68 bits per heavy atom. The molecule has 25 heavy (non-hydrogen) atoms. The van der Waals surface area contributed by atoms with Gasteiger partial charge in [-0.3, -0.25) is 0 Å². The topological polar surface area (TPSA) is 51.5 Å². The van der Waals surface area contributed by atoms with Crippen LogP contribution in [0.1, 0.15) is 23.0 Å². The lowest BCUT2D eigenvalue weighted by Gasteiger charge is -2.08. The van der Waals surface area contributed by atoms with E-state index >= 15 is 0 Å². The summed E-state index contributed by atoms with van der Waals surface area (Å²) in [6.45, 7) is 2.10. The fourth-order valence-electron chi connectivity index (χ4n) is 2.77. The smallest absolute Gasteiger partial charge is 0.340 e. The quantitative estimate of drug-likeness (QED) is 0.460. The van der Waals surface area contributed by atoms with Gasteiger partial charge in [0, 0.05) is 28.8 Å². The van der Waals surface area contributed by atoms with Crippen LogP contribution in [0, 0.1) is 0 Å². The number of carbonyl (C=O) groups is 1. The average molecular weight is 420 g/mol. The first kappa shape index (κ1) is 17.9. The number of rotatable bonds is 5. The number of hydrogen-bond acceptors (Lipinski definition) is 4. The number of ether oxygens (including phenoxy) is 1. The summed E-state index contributed by atoms with van der Waals surface area (Å²) in [5.74, 6) is 0.367. The van der Waals surface area contributed by atoms with Crippen LogP contribution in [0.25, 0.3) is 10.9 Å². The van der Waals surface area contributed by atoms with Crippen molar-refractivity contribution in [3.05, 3.63) is 58.2 Å². The van der Waals surface area contributed by atoms with E-state index in [1.807, 2.05) is 48.0 Å². The van der Waals surface area contributed by atoms with Crippen molar-refractivity contribution >= 4 is 44.6 Å². The second kappa shape index (κ2) is 7.54. The molecule has 0 aliphatic rings. The Morgan fingerprint density at radius 2 is 2.00 bits per heavy atom. The van der Waals surface area contributed by atoms with Crippen molar-refractivity contribution in [2.24, 2.45) is 7.05 Å². The highest BCUT2D eigenvalue weighted by Crippen LogP contribution is 2.36. The van der Waals surface area contributed by atoms with Gasteiger partial charge in [0.1, 0.15) is 5.75 Å². The molecule has 0 saturated heterocycles. The van der Waals surface area contributed by atoms with Crippen LogP contribution < -0.4 is 0 Å². The number of aromatic nitrogens is 1. The predicted molar refractivity (Wildman–Crippen MR) is 104 cm³/mol. The second-order valence-corrected chi connectivity index (χ2v) is 7.43. The molecule has 0 unspecified atom stereocenters. The zero-order valence-corrected chi connectivity index (χ0v) is 16.4. The van der Waals surface area contributed by atoms with Crippen molar-refractivity contribution in [1.82, 2.24) is 4.57 Å². The molecule has 6 heteroatoms. The summed E-state index contributed by atoms with van der Waals surface area (Å²) in [4.78, 5) is 13.7. The standard InChI is InChI=1S/C19H18BrNO3S/c1-3-24-19(23)18-13-9-17(22)14(20)10-15(13)21(2)16(18)11-25-12-7-5-4-6-8-12/h4-10,22H,3,11H2,1-2H3. The maximum Gasteiger partial charge on any atom is 0.340 e. The summed E-state index contributed by atoms with van der Waals surface area (Å²) in [5.41, 5.74) is 2.27. The largest absolute Gasteiger partial charge is 0.507 e. The number of esters is 1. The van der Waals surface area contributed by atoms with Crippen molar-refractivity contribution in [3.8, 4) is 5.75 Å². The number of aryl methyl sites for hydroxylation is 1. The second-order valence-electron chi connectivity index (χ2n) is 5.52.